The molecule has 1 N–H and O–H groups in total. The number of nitrogens with one attached hydrogen (secondary N) is 1. The molecule has 0 aliphatic rings. The highest BCUT2D eigenvalue weighted by molar-refractivity contribution is 7.91. The van der Waals surface area contributed by atoms with E-state index in [1.807, 2.05) is 12.1 Å². The number of rotatable bonds is 6. The molecule has 0 fully saturated rings. The van der Waals surface area contributed by atoms with Crippen LogP contribution >= 0.6 is 0 Å². The highest BCUT2D eigenvalue weighted by Gasteiger charge is 2.22. The van der Waals surface area contributed by atoms with Gasteiger partial charge in [-0.1, -0.05) is 29.4 Å². The Morgan fingerprint density at radius 1 is 1.17 bits per heavy atom. The predicted molar refractivity (Wildman–Crippen MR) is 90.3 cm³/mol. The van der Waals surface area contributed by atoms with E-state index < -0.39 is 9.84 Å². The molecule has 1 heterocycles. The number of nitrogens with zero attached hydrogens (tertiary/aromatic N) is 4. The summed E-state index contributed by atoms with van der Waals surface area (Å²) in [6.07, 6.45) is 1.40. The van der Waals surface area contributed by atoms with E-state index in [2.05, 4.69) is 20.2 Å². The lowest BCUT2D eigenvalue weighted by molar-refractivity contribution is 0.593. The smallest absolute Gasteiger partial charge is 0.223 e. The first-order chi connectivity index (χ1) is 11.6. The number of aromatic amines is 1. The van der Waals surface area contributed by atoms with Gasteiger partial charge in [-0.05, 0) is 48.2 Å². The fraction of sp³-hybridized carbons (Fsp3) is 0.188. The third-order valence-corrected chi connectivity index (χ3v) is 5.43. The van der Waals surface area contributed by atoms with E-state index in [-0.39, 0.29) is 9.92 Å². The molecule has 0 aliphatic heterocycles. The lowest BCUT2D eigenvalue weighted by atomic mass is 10.1. The summed E-state index contributed by atoms with van der Waals surface area (Å²) in [4.78, 5) is 2.95. The van der Waals surface area contributed by atoms with Crippen molar-refractivity contribution in [3.8, 4) is 0 Å². The number of hydrogen-bond donors (Lipinski definition) is 1. The lowest BCUT2D eigenvalue weighted by Gasteiger charge is -2.04. The van der Waals surface area contributed by atoms with Gasteiger partial charge in [-0.15, -0.1) is 0 Å². The zero-order valence-electron chi connectivity index (χ0n) is 12.8. The summed E-state index contributed by atoms with van der Waals surface area (Å²) in [7, 11) is -3.65. The van der Waals surface area contributed by atoms with Gasteiger partial charge in [0.05, 0.1) is 10.4 Å². The van der Waals surface area contributed by atoms with Gasteiger partial charge < -0.3 is 0 Å². The maximum atomic E-state index is 12.8. The van der Waals surface area contributed by atoms with Crippen LogP contribution in [0.5, 0.6) is 0 Å². The minimum Gasteiger partial charge on any atom is -0.266 e. The minimum atomic E-state index is -3.65. The van der Waals surface area contributed by atoms with E-state index in [1.165, 1.54) is 0 Å². The van der Waals surface area contributed by atoms with Crippen LogP contribution in [0.3, 0.4) is 0 Å². The summed E-state index contributed by atoms with van der Waals surface area (Å²) in [5.41, 5.74) is 9.86. The molecule has 0 atom stereocenters. The SMILES string of the molecule is [N-]=[N+]=NCCCc1ccc2n[nH]c(S(=O)(=O)c3ccccc3)c2c1. The minimum absolute atomic E-state index is 0.0978. The van der Waals surface area contributed by atoms with Crippen molar-refractivity contribution in [2.75, 3.05) is 6.54 Å². The van der Waals surface area contributed by atoms with E-state index >= 15 is 0 Å². The van der Waals surface area contributed by atoms with Crippen LogP contribution in [-0.4, -0.2) is 25.2 Å². The van der Waals surface area contributed by atoms with Crippen molar-refractivity contribution in [3.05, 3.63) is 64.5 Å². The Morgan fingerprint density at radius 3 is 2.71 bits per heavy atom. The molecule has 1 aromatic heterocycles. The van der Waals surface area contributed by atoms with Gasteiger partial charge in [0.15, 0.2) is 5.03 Å². The Hall–Kier alpha value is -2.83. The molecule has 0 aliphatic carbocycles. The second-order valence-corrected chi connectivity index (χ2v) is 7.17. The summed E-state index contributed by atoms with van der Waals surface area (Å²) in [5, 5.41) is 10.9. The molecule has 3 aromatic rings. The Bertz CT molecular complexity index is 1010. The van der Waals surface area contributed by atoms with Crippen LogP contribution in [0.15, 0.2) is 63.6 Å². The zero-order valence-corrected chi connectivity index (χ0v) is 13.6. The number of azide groups is 1. The van der Waals surface area contributed by atoms with E-state index in [9.17, 15) is 8.42 Å². The van der Waals surface area contributed by atoms with Crippen LogP contribution in [0.1, 0.15) is 12.0 Å². The second-order valence-electron chi connectivity index (χ2n) is 5.28. The standard InChI is InChI=1S/C16H15N5O2S/c17-21-18-10-4-5-12-8-9-15-14(11-12)16(20-19-15)24(22,23)13-6-2-1-3-7-13/h1-3,6-9,11H,4-5,10H2,(H,19,20). The normalized spacial score (nSPS) is 11.3. The summed E-state index contributed by atoms with van der Waals surface area (Å²) in [6.45, 7) is 0.412. The van der Waals surface area contributed by atoms with Crippen LogP contribution in [-0.2, 0) is 16.3 Å². The molecule has 3 rings (SSSR count). The van der Waals surface area contributed by atoms with Crippen LogP contribution in [0.25, 0.3) is 21.3 Å². The summed E-state index contributed by atoms with van der Waals surface area (Å²) in [6, 6.07) is 13.8. The first-order valence-corrected chi connectivity index (χ1v) is 8.89. The fourth-order valence-electron chi connectivity index (χ4n) is 2.51. The number of aromatic nitrogens is 2. The molecular formula is C16H15N5O2S. The monoisotopic (exact) mass is 341 g/mol. The van der Waals surface area contributed by atoms with Gasteiger partial charge in [0.2, 0.25) is 9.84 Å². The molecule has 0 radical (unpaired) electrons. The van der Waals surface area contributed by atoms with Crippen molar-refractivity contribution in [3.63, 3.8) is 0 Å². The number of aryl methyl sites for hydroxylation is 1. The van der Waals surface area contributed by atoms with E-state index in [0.29, 0.717) is 30.3 Å². The number of sulfone groups is 1. The molecule has 0 unspecified atom stereocenters. The Kier molecular flexibility index (Phi) is 4.50. The number of benzene rings is 2. The first-order valence-electron chi connectivity index (χ1n) is 7.41. The number of hydrogen-bond acceptors (Lipinski definition) is 4. The van der Waals surface area contributed by atoms with Crippen LogP contribution in [0.2, 0.25) is 0 Å². The maximum Gasteiger partial charge on any atom is 0.223 e. The van der Waals surface area contributed by atoms with Crippen molar-refractivity contribution in [1.29, 1.82) is 0 Å². The van der Waals surface area contributed by atoms with Crippen molar-refractivity contribution in [1.82, 2.24) is 10.2 Å². The van der Waals surface area contributed by atoms with Crippen LogP contribution in [0, 0.1) is 0 Å². The quantitative estimate of drug-likeness (QED) is 0.319. The predicted octanol–water partition coefficient (Wildman–Crippen LogP) is 3.64. The molecule has 0 saturated heterocycles. The molecule has 2 aromatic carbocycles. The molecule has 7 nitrogen and oxygen atoms in total. The Balaban J connectivity index is 1.98. The van der Waals surface area contributed by atoms with Gasteiger partial charge in [-0.2, -0.15) is 5.10 Å². The fourth-order valence-corrected chi connectivity index (χ4v) is 3.88. The van der Waals surface area contributed by atoms with Gasteiger partial charge in [0.1, 0.15) is 0 Å². The molecule has 122 valence electrons. The molecule has 0 amide bonds. The number of fused-ring (bicyclic) bond motifs is 1. The third kappa shape index (κ3) is 3.10. The van der Waals surface area contributed by atoms with Crippen LogP contribution in [0.4, 0.5) is 0 Å². The highest BCUT2D eigenvalue weighted by atomic mass is 32.2. The van der Waals surface area contributed by atoms with Crippen molar-refractivity contribution >= 4 is 20.7 Å². The van der Waals surface area contributed by atoms with E-state index in [1.54, 1.807) is 36.4 Å². The Labute approximate surface area is 138 Å². The summed E-state index contributed by atoms with van der Waals surface area (Å²) in [5.74, 6) is 0. The van der Waals surface area contributed by atoms with Gasteiger partial charge in [0, 0.05) is 16.8 Å². The third-order valence-electron chi connectivity index (χ3n) is 3.69. The van der Waals surface area contributed by atoms with E-state index in [0.717, 1.165) is 5.56 Å². The highest BCUT2D eigenvalue weighted by Crippen LogP contribution is 2.27. The summed E-state index contributed by atoms with van der Waals surface area (Å²) >= 11 is 0. The van der Waals surface area contributed by atoms with Crippen molar-refractivity contribution < 1.29 is 8.42 Å². The average molecular weight is 341 g/mol. The zero-order chi connectivity index (χ0) is 17.0. The van der Waals surface area contributed by atoms with Gasteiger partial charge in [0.25, 0.3) is 0 Å². The van der Waals surface area contributed by atoms with Crippen LogP contribution < -0.4 is 0 Å². The first kappa shape index (κ1) is 16.0. The van der Waals surface area contributed by atoms with Gasteiger partial charge in [-0.3, -0.25) is 5.10 Å². The molecule has 24 heavy (non-hydrogen) atoms. The number of H-pyrrole nitrogens is 1. The van der Waals surface area contributed by atoms with E-state index in [4.69, 9.17) is 5.53 Å². The lowest BCUT2D eigenvalue weighted by Crippen LogP contribution is -2.03. The van der Waals surface area contributed by atoms with Crippen molar-refractivity contribution in [2.24, 2.45) is 5.11 Å². The largest absolute Gasteiger partial charge is 0.266 e. The molecule has 0 spiro atoms. The van der Waals surface area contributed by atoms with Crippen molar-refractivity contribution in [2.45, 2.75) is 22.8 Å². The summed E-state index contributed by atoms with van der Waals surface area (Å²) < 4.78 is 25.6. The molecule has 0 bridgehead atoms. The topological polar surface area (TPSA) is 112 Å². The average Bonchev–Trinajstić information content (AvgIpc) is 3.03. The second kappa shape index (κ2) is 6.74. The van der Waals surface area contributed by atoms with Gasteiger partial charge in [-0.25, -0.2) is 8.42 Å². The Morgan fingerprint density at radius 2 is 1.96 bits per heavy atom. The molecular weight excluding hydrogens is 326 g/mol. The molecule has 8 heteroatoms. The molecule has 0 saturated carbocycles. The maximum absolute atomic E-state index is 12.8. The van der Waals surface area contributed by atoms with Gasteiger partial charge >= 0.3 is 0 Å².